The third-order valence-electron chi connectivity index (χ3n) is 2.71. The molecule has 0 spiro atoms. The number of hydrogen-bond donors (Lipinski definition) is 3. The summed E-state index contributed by atoms with van der Waals surface area (Å²) >= 11 is 0. The Bertz CT molecular complexity index is 611. The lowest BCUT2D eigenvalue weighted by Gasteiger charge is -2.12. The van der Waals surface area contributed by atoms with Crippen molar-refractivity contribution in [2.45, 2.75) is 32.7 Å². The summed E-state index contributed by atoms with van der Waals surface area (Å²) in [6, 6.07) is 1.25. The number of rotatable bonds is 4. The quantitative estimate of drug-likeness (QED) is 0.797. The lowest BCUT2D eigenvalue weighted by atomic mass is 9.93. The molecule has 0 unspecified atom stereocenters. The zero-order valence-electron chi connectivity index (χ0n) is 12.3. The highest BCUT2D eigenvalue weighted by Crippen LogP contribution is 2.24. The van der Waals surface area contributed by atoms with Crippen molar-refractivity contribution >= 4 is 17.5 Å². The zero-order chi connectivity index (χ0) is 15.5. The molecule has 0 aliphatic rings. The van der Waals surface area contributed by atoms with E-state index in [4.69, 9.17) is 9.63 Å². The van der Waals surface area contributed by atoms with Gasteiger partial charge in [-0.25, -0.2) is 4.79 Å². The normalized spacial score (nSPS) is 11.4. The minimum absolute atomic E-state index is 0.0121. The first kappa shape index (κ1) is 15.0. The van der Waals surface area contributed by atoms with Gasteiger partial charge in [0, 0.05) is 17.7 Å². The molecule has 0 aliphatic heterocycles. The monoisotopic (exact) mass is 293 g/mol. The van der Waals surface area contributed by atoms with E-state index in [1.807, 2.05) is 20.8 Å². The van der Waals surface area contributed by atoms with Gasteiger partial charge in [-0.1, -0.05) is 25.9 Å². The summed E-state index contributed by atoms with van der Waals surface area (Å²) < 4.78 is 6.71. The summed E-state index contributed by atoms with van der Waals surface area (Å²) in [6.07, 6.45) is 3.12. The highest BCUT2D eigenvalue weighted by Gasteiger charge is 2.20. The van der Waals surface area contributed by atoms with Crippen LogP contribution in [0.25, 0.3) is 0 Å². The smallest absolute Gasteiger partial charge is 0.325 e. The molecule has 2 aromatic heterocycles. The Labute approximate surface area is 122 Å². The number of hydrogen-bond acceptors (Lipinski definition) is 5. The van der Waals surface area contributed by atoms with Gasteiger partial charge in [0.2, 0.25) is 0 Å². The van der Waals surface area contributed by atoms with Gasteiger partial charge in [-0.15, -0.1) is 0 Å². The van der Waals surface area contributed by atoms with E-state index >= 15 is 0 Å². The molecule has 2 rings (SSSR count). The third-order valence-corrected chi connectivity index (χ3v) is 2.71. The lowest BCUT2D eigenvalue weighted by Crippen LogP contribution is -2.19. The molecule has 2 aromatic rings. The largest absolute Gasteiger partial charge is 0.394 e. The maximum Gasteiger partial charge on any atom is 0.325 e. The van der Waals surface area contributed by atoms with Crippen LogP contribution in [-0.4, -0.2) is 32.7 Å². The van der Waals surface area contributed by atoms with E-state index < -0.39 is 6.03 Å². The molecule has 21 heavy (non-hydrogen) atoms. The van der Waals surface area contributed by atoms with Crippen LogP contribution in [0.5, 0.6) is 0 Å². The number of amides is 2. The molecule has 0 aromatic carbocycles. The van der Waals surface area contributed by atoms with E-state index in [-0.39, 0.29) is 12.0 Å². The maximum atomic E-state index is 11.8. The number of urea groups is 1. The van der Waals surface area contributed by atoms with Crippen LogP contribution in [0.1, 0.15) is 26.5 Å². The van der Waals surface area contributed by atoms with Gasteiger partial charge in [-0.2, -0.15) is 5.10 Å². The first-order valence-electron chi connectivity index (χ1n) is 6.57. The fourth-order valence-corrected chi connectivity index (χ4v) is 1.62. The molecule has 3 N–H and O–H groups in total. The molecule has 8 nitrogen and oxygen atoms in total. The van der Waals surface area contributed by atoms with Gasteiger partial charge < -0.3 is 14.9 Å². The van der Waals surface area contributed by atoms with E-state index in [9.17, 15) is 4.79 Å². The van der Waals surface area contributed by atoms with Crippen LogP contribution >= 0.6 is 0 Å². The second kappa shape index (κ2) is 5.96. The number of aromatic nitrogens is 3. The maximum absolute atomic E-state index is 11.8. The van der Waals surface area contributed by atoms with E-state index in [2.05, 4.69) is 20.9 Å². The SMILES string of the molecule is CC(C)(C)c1cc(NC(=O)Nc2cnn(CCO)c2)no1. The van der Waals surface area contributed by atoms with Crippen LogP contribution in [0.2, 0.25) is 0 Å². The molecular weight excluding hydrogens is 274 g/mol. The minimum atomic E-state index is -0.438. The van der Waals surface area contributed by atoms with Crippen LogP contribution in [-0.2, 0) is 12.0 Å². The number of nitrogens with one attached hydrogen (secondary N) is 2. The molecule has 0 saturated carbocycles. The Morgan fingerprint density at radius 2 is 2.19 bits per heavy atom. The second-order valence-corrected chi connectivity index (χ2v) is 5.62. The van der Waals surface area contributed by atoms with Crippen LogP contribution in [0, 0.1) is 0 Å². The van der Waals surface area contributed by atoms with Crippen molar-refractivity contribution < 1.29 is 14.4 Å². The predicted octanol–water partition coefficient (Wildman–Crippen LogP) is 1.80. The van der Waals surface area contributed by atoms with Gasteiger partial charge in [-0.05, 0) is 0 Å². The average molecular weight is 293 g/mol. The number of nitrogens with zero attached hydrogens (tertiary/aromatic N) is 3. The molecule has 2 heterocycles. The Morgan fingerprint density at radius 1 is 1.43 bits per heavy atom. The van der Waals surface area contributed by atoms with Crippen molar-refractivity contribution in [3.63, 3.8) is 0 Å². The Morgan fingerprint density at radius 3 is 2.81 bits per heavy atom. The molecule has 114 valence electrons. The Balaban J connectivity index is 1.93. The van der Waals surface area contributed by atoms with Crippen molar-refractivity contribution in [2.75, 3.05) is 17.2 Å². The van der Waals surface area contributed by atoms with E-state index in [1.54, 1.807) is 12.3 Å². The molecule has 0 bridgehead atoms. The molecule has 0 fully saturated rings. The highest BCUT2D eigenvalue weighted by molar-refractivity contribution is 5.98. The van der Waals surface area contributed by atoms with Crippen molar-refractivity contribution in [2.24, 2.45) is 0 Å². The van der Waals surface area contributed by atoms with Crippen molar-refractivity contribution in [3.05, 3.63) is 24.2 Å². The summed E-state index contributed by atoms with van der Waals surface area (Å²) in [5.74, 6) is 1.04. The summed E-state index contributed by atoms with van der Waals surface area (Å²) in [5.41, 5.74) is 0.356. The van der Waals surface area contributed by atoms with Crippen molar-refractivity contribution in [1.29, 1.82) is 0 Å². The minimum Gasteiger partial charge on any atom is -0.394 e. The van der Waals surface area contributed by atoms with E-state index in [0.29, 0.717) is 23.8 Å². The number of aliphatic hydroxyl groups is 1. The fourth-order valence-electron chi connectivity index (χ4n) is 1.62. The zero-order valence-corrected chi connectivity index (χ0v) is 12.3. The molecule has 2 amide bonds. The van der Waals surface area contributed by atoms with Gasteiger partial charge in [0.15, 0.2) is 5.82 Å². The van der Waals surface area contributed by atoms with E-state index in [1.165, 1.54) is 10.9 Å². The molecule has 0 radical (unpaired) electrons. The van der Waals surface area contributed by atoms with Gasteiger partial charge >= 0.3 is 6.03 Å². The standard InChI is InChI=1S/C13H19N5O3/c1-13(2,3)10-6-11(17-21-10)16-12(20)15-9-7-14-18(8-9)4-5-19/h6-8,19H,4-5H2,1-3H3,(H2,15,16,17,20). The predicted molar refractivity (Wildman–Crippen MR) is 77.2 cm³/mol. The van der Waals surface area contributed by atoms with Crippen LogP contribution in [0.4, 0.5) is 16.3 Å². The lowest BCUT2D eigenvalue weighted by molar-refractivity contribution is 0.262. The topological polar surface area (TPSA) is 105 Å². The molecule has 0 atom stereocenters. The number of carbonyl (C=O) groups is 1. The number of carbonyl (C=O) groups excluding carboxylic acids is 1. The number of aliphatic hydroxyl groups excluding tert-OH is 1. The Kier molecular flexibility index (Phi) is 4.27. The average Bonchev–Trinajstić information content (AvgIpc) is 2.98. The molecule has 0 aliphatic carbocycles. The van der Waals surface area contributed by atoms with Crippen LogP contribution in [0.15, 0.2) is 23.0 Å². The summed E-state index contributed by atoms with van der Waals surface area (Å²) in [5, 5.41) is 21.8. The van der Waals surface area contributed by atoms with E-state index in [0.717, 1.165) is 0 Å². The van der Waals surface area contributed by atoms with Crippen molar-refractivity contribution in [1.82, 2.24) is 14.9 Å². The van der Waals surface area contributed by atoms with Crippen LogP contribution in [0.3, 0.4) is 0 Å². The first-order valence-corrected chi connectivity index (χ1v) is 6.57. The highest BCUT2D eigenvalue weighted by atomic mass is 16.5. The Hall–Kier alpha value is -2.35. The molecule has 8 heteroatoms. The summed E-state index contributed by atoms with van der Waals surface area (Å²) in [4.78, 5) is 11.8. The van der Waals surface area contributed by atoms with Gasteiger partial charge in [0.1, 0.15) is 5.76 Å². The van der Waals surface area contributed by atoms with Crippen molar-refractivity contribution in [3.8, 4) is 0 Å². The van der Waals surface area contributed by atoms with Gasteiger partial charge in [0.25, 0.3) is 0 Å². The van der Waals surface area contributed by atoms with Gasteiger partial charge in [0.05, 0.1) is 25.0 Å². The van der Waals surface area contributed by atoms with Crippen LogP contribution < -0.4 is 10.6 Å². The first-order chi connectivity index (χ1) is 9.88. The summed E-state index contributed by atoms with van der Waals surface area (Å²) in [7, 11) is 0. The fraction of sp³-hybridized carbons (Fsp3) is 0.462. The molecular formula is C13H19N5O3. The second-order valence-electron chi connectivity index (χ2n) is 5.62. The van der Waals surface area contributed by atoms with Gasteiger partial charge in [-0.3, -0.25) is 10.00 Å². The third kappa shape index (κ3) is 4.06. The number of anilines is 2. The summed E-state index contributed by atoms with van der Waals surface area (Å²) in [6.45, 7) is 6.34. The molecule has 0 saturated heterocycles.